The van der Waals surface area contributed by atoms with E-state index in [9.17, 15) is 29.4 Å². The van der Waals surface area contributed by atoms with E-state index in [1.54, 1.807) is 0 Å². The van der Waals surface area contributed by atoms with E-state index in [2.05, 4.69) is 25.9 Å². The van der Waals surface area contributed by atoms with Gasteiger partial charge in [0.25, 0.3) is 0 Å². The fraction of sp³-hybridized carbons (Fsp3) is 0.667. The van der Waals surface area contributed by atoms with Crippen molar-refractivity contribution < 1.29 is 29.4 Å². The lowest BCUT2D eigenvalue weighted by Gasteiger charge is -2.24. The number of hydrogen-bond donors (Lipinski definition) is 9. The number of aromatic amines is 1. The molecule has 0 radical (unpaired) electrons. The van der Waals surface area contributed by atoms with Gasteiger partial charge in [0.2, 0.25) is 17.7 Å². The molecule has 14 heteroatoms. The number of nitrogens with zero attached hydrogens (tertiary/aromatic N) is 1. The molecule has 0 aliphatic carbocycles. The molecule has 1 aromatic rings. The van der Waals surface area contributed by atoms with E-state index < -0.39 is 54.5 Å². The summed E-state index contributed by atoms with van der Waals surface area (Å²) in [4.78, 5) is 56.1. The van der Waals surface area contributed by atoms with Crippen molar-refractivity contribution in [3.8, 4) is 0 Å². The fourth-order valence-electron chi connectivity index (χ4n) is 3.24. The first-order valence-electron chi connectivity index (χ1n) is 11.6. The number of imidazole rings is 1. The van der Waals surface area contributed by atoms with Crippen LogP contribution in [0.15, 0.2) is 12.5 Å². The number of aliphatic carboxylic acids is 1. The second-order valence-electron chi connectivity index (χ2n) is 8.16. The number of amides is 3. The third-order valence-corrected chi connectivity index (χ3v) is 5.29. The molecular weight excluding hydrogens is 460 g/mol. The van der Waals surface area contributed by atoms with Crippen LogP contribution in [0, 0.1) is 0 Å². The van der Waals surface area contributed by atoms with E-state index in [1.165, 1.54) is 12.5 Å². The van der Waals surface area contributed by atoms with Crippen LogP contribution in [0.1, 0.15) is 44.2 Å². The molecule has 0 aromatic carbocycles. The maximum atomic E-state index is 12.9. The highest BCUT2D eigenvalue weighted by atomic mass is 16.4. The average Bonchev–Trinajstić information content (AvgIpc) is 3.34. The SMILES string of the molecule is NCCCCC(N)C(=O)NC(CO)C(=O)NC(CCCCN)C(=O)NC(Cc1cnc[nH]1)C(=O)O. The number of aliphatic hydroxyl groups is 1. The van der Waals surface area contributed by atoms with Crippen LogP contribution in [-0.4, -0.2) is 87.7 Å². The molecule has 14 nitrogen and oxygen atoms in total. The number of H-pyrrole nitrogens is 1. The number of aromatic nitrogens is 2. The fourth-order valence-corrected chi connectivity index (χ4v) is 3.24. The molecule has 0 fully saturated rings. The molecule has 35 heavy (non-hydrogen) atoms. The predicted octanol–water partition coefficient (Wildman–Crippen LogP) is -2.93. The number of carbonyl (C=O) groups excluding carboxylic acids is 3. The maximum absolute atomic E-state index is 12.9. The lowest BCUT2D eigenvalue weighted by Crippen LogP contribution is -2.58. The van der Waals surface area contributed by atoms with Crippen LogP contribution in [0.5, 0.6) is 0 Å². The Morgan fingerprint density at radius 1 is 0.886 bits per heavy atom. The summed E-state index contributed by atoms with van der Waals surface area (Å²) in [5, 5.41) is 26.4. The highest BCUT2D eigenvalue weighted by molar-refractivity contribution is 5.94. The van der Waals surface area contributed by atoms with Gasteiger partial charge in [-0.15, -0.1) is 0 Å². The Kier molecular flexibility index (Phi) is 14.2. The number of nitrogens with one attached hydrogen (secondary N) is 4. The van der Waals surface area contributed by atoms with Gasteiger partial charge < -0.3 is 48.3 Å². The molecule has 1 aromatic heterocycles. The van der Waals surface area contributed by atoms with E-state index in [0.29, 0.717) is 50.9 Å². The molecule has 0 spiro atoms. The van der Waals surface area contributed by atoms with Gasteiger partial charge in [-0.3, -0.25) is 14.4 Å². The van der Waals surface area contributed by atoms with Crippen molar-refractivity contribution in [2.45, 2.75) is 69.1 Å². The number of rotatable bonds is 18. The second-order valence-corrected chi connectivity index (χ2v) is 8.16. The maximum Gasteiger partial charge on any atom is 0.326 e. The molecule has 0 saturated carbocycles. The van der Waals surface area contributed by atoms with E-state index >= 15 is 0 Å². The van der Waals surface area contributed by atoms with Crippen molar-refractivity contribution >= 4 is 23.7 Å². The quantitative estimate of drug-likeness (QED) is 0.0931. The van der Waals surface area contributed by atoms with Crippen molar-refractivity contribution in [3.63, 3.8) is 0 Å². The topological polar surface area (TPSA) is 252 Å². The van der Waals surface area contributed by atoms with E-state index in [0.717, 1.165) is 0 Å². The molecule has 198 valence electrons. The van der Waals surface area contributed by atoms with Gasteiger partial charge in [0.05, 0.1) is 19.0 Å². The largest absolute Gasteiger partial charge is 0.480 e. The Balaban J connectivity index is 2.82. The normalized spacial score (nSPS) is 14.4. The summed E-state index contributed by atoms with van der Waals surface area (Å²) in [6, 6.07) is -4.60. The van der Waals surface area contributed by atoms with Gasteiger partial charge in [-0.05, 0) is 45.2 Å². The first kappa shape index (κ1) is 30.0. The summed E-state index contributed by atoms with van der Waals surface area (Å²) in [6.07, 6.45) is 5.72. The van der Waals surface area contributed by atoms with Crippen molar-refractivity contribution in [3.05, 3.63) is 18.2 Å². The van der Waals surface area contributed by atoms with Crippen LogP contribution in [-0.2, 0) is 25.6 Å². The van der Waals surface area contributed by atoms with Gasteiger partial charge in [-0.25, -0.2) is 9.78 Å². The van der Waals surface area contributed by atoms with Crippen LogP contribution < -0.4 is 33.2 Å². The molecule has 4 unspecified atom stereocenters. The molecule has 1 rings (SSSR count). The van der Waals surface area contributed by atoms with Crippen molar-refractivity contribution in [2.24, 2.45) is 17.2 Å². The zero-order valence-electron chi connectivity index (χ0n) is 19.7. The molecule has 12 N–H and O–H groups in total. The number of hydrogen-bond acceptors (Lipinski definition) is 9. The van der Waals surface area contributed by atoms with E-state index in [1.807, 2.05) is 0 Å². The minimum atomic E-state index is -1.34. The highest BCUT2D eigenvalue weighted by Crippen LogP contribution is 2.05. The van der Waals surface area contributed by atoms with Crippen LogP contribution in [0.3, 0.4) is 0 Å². The van der Waals surface area contributed by atoms with Gasteiger partial charge in [0.15, 0.2) is 0 Å². The highest BCUT2D eigenvalue weighted by Gasteiger charge is 2.30. The number of carbonyl (C=O) groups is 4. The van der Waals surface area contributed by atoms with E-state index in [-0.39, 0.29) is 12.8 Å². The Morgan fingerprint density at radius 3 is 2.00 bits per heavy atom. The average molecular weight is 499 g/mol. The molecule has 0 bridgehead atoms. The van der Waals surface area contributed by atoms with Gasteiger partial charge >= 0.3 is 5.97 Å². The van der Waals surface area contributed by atoms with Crippen molar-refractivity contribution in [1.82, 2.24) is 25.9 Å². The van der Waals surface area contributed by atoms with Crippen LogP contribution in [0.4, 0.5) is 0 Å². The second kappa shape index (κ2) is 16.5. The van der Waals surface area contributed by atoms with Gasteiger partial charge in [0.1, 0.15) is 18.1 Å². The summed E-state index contributed by atoms with van der Waals surface area (Å²) in [5.41, 5.74) is 17.3. The standard InChI is InChI=1S/C21H38N8O6/c22-7-3-1-5-14(24)18(31)29-17(11-30)20(33)27-15(6-2-4-8-23)19(32)28-16(21(34)35)9-13-10-25-12-26-13/h10,12,14-17,30H,1-9,11,22-24H2,(H,25,26)(H,27,33)(H,28,32)(H,29,31)(H,34,35). The lowest BCUT2D eigenvalue weighted by atomic mass is 10.1. The summed E-state index contributed by atoms with van der Waals surface area (Å²) in [7, 11) is 0. The van der Waals surface area contributed by atoms with Crippen LogP contribution in [0.2, 0.25) is 0 Å². The number of carboxylic acids is 1. The molecule has 0 saturated heterocycles. The number of aliphatic hydroxyl groups excluding tert-OH is 1. The Morgan fingerprint density at radius 2 is 1.46 bits per heavy atom. The Hall–Kier alpha value is -3.07. The molecule has 3 amide bonds. The number of carboxylic acid groups (broad SMARTS) is 1. The molecule has 0 aliphatic heterocycles. The number of unbranched alkanes of at least 4 members (excludes halogenated alkanes) is 2. The van der Waals surface area contributed by atoms with E-state index in [4.69, 9.17) is 17.2 Å². The number of nitrogens with two attached hydrogens (primary N) is 3. The Bertz CT molecular complexity index is 791. The van der Waals surface area contributed by atoms with Crippen molar-refractivity contribution in [1.29, 1.82) is 0 Å². The molecule has 4 atom stereocenters. The third-order valence-electron chi connectivity index (χ3n) is 5.29. The minimum absolute atomic E-state index is 0.0398. The Labute approximate surface area is 203 Å². The zero-order valence-corrected chi connectivity index (χ0v) is 19.7. The van der Waals surface area contributed by atoms with Crippen molar-refractivity contribution in [2.75, 3.05) is 19.7 Å². The summed E-state index contributed by atoms with van der Waals surface area (Å²) in [6.45, 7) is 0.118. The van der Waals surface area contributed by atoms with Crippen LogP contribution in [0.25, 0.3) is 0 Å². The van der Waals surface area contributed by atoms with Gasteiger partial charge in [0, 0.05) is 18.3 Å². The van der Waals surface area contributed by atoms with Gasteiger partial charge in [-0.1, -0.05) is 6.42 Å². The minimum Gasteiger partial charge on any atom is -0.480 e. The summed E-state index contributed by atoms with van der Waals surface area (Å²) in [5.74, 6) is -3.40. The zero-order chi connectivity index (χ0) is 26.2. The van der Waals surface area contributed by atoms with Gasteiger partial charge in [-0.2, -0.15) is 0 Å². The molecular formula is C21H38N8O6. The summed E-state index contributed by atoms with van der Waals surface area (Å²) >= 11 is 0. The molecule has 0 aliphatic rings. The first-order chi connectivity index (χ1) is 16.7. The smallest absolute Gasteiger partial charge is 0.326 e. The first-order valence-corrected chi connectivity index (χ1v) is 11.6. The third kappa shape index (κ3) is 11.3. The lowest BCUT2D eigenvalue weighted by molar-refractivity contribution is -0.142. The predicted molar refractivity (Wildman–Crippen MR) is 127 cm³/mol. The molecule has 1 heterocycles. The monoisotopic (exact) mass is 498 g/mol. The van der Waals surface area contributed by atoms with Crippen LogP contribution >= 0.6 is 0 Å². The summed E-state index contributed by atoms with van der Waals surface area (Å²) < 4.78 is 0.